The Balaban J connectivity index is 0.00000261. The van der Waals surface area contributed by atoms with Gasteiger partial charge in [0.05, 0.1) is 27.0 Å². The van der Waals surface area contributed by atoms with Crippen molar-refractivity contribution in [2.24, 2.45) is 0 Å². The number of halogens is 2. The summed E-state index contributed by atoms with van der Waals surface area (Å²) in [5.74, 6) is 1.70. The third-order valence-corrected chi connectivity index (χ3v) is 3.75. The van der Waals surface area contributed by atoms with Crippen LogP contribution in [0.3, 0.4) is 0 Å². The van der Waals surface area contributed by atoms with Crippen molar-refractivity contribution in [3.05, 3.63) is 54.3 Å². The minimum Gasteiger partial charge on any atom is -0.493 e. The van der Waals surface area contributed by atoms with Crippen LogP contribution in [0.2, 0.25) is 0 Å². The lowest BCUT2D eigenvalue weighted by molar-refractivity contribution is 0.324. The SMILES string of the molecule is COc1cc(Nc2ccc(-c3ccccc3F)nn2)cc(OC)c1OC.Cl. The van der Waals surface area contributed by atoms with Crippen molar-refractivity contribution >= 4 is 23.9 Å². The molecular weight excluding hydrogens is 373 g/mol. The number of hydrogen-bond acceptors (Lipinski definition) is 6. The number of nitrogens with one attached hydrogen (secondary N) is 1. The van der Waals surface area contributed by atoms with Gasteiger partial charge in [-0.3, -0.25) is 0 Å². The molecule has 27 heavy (non-hydrogen) atoms. The molecule has 0 fully saturated rings. The fourth-order valence-corrected chi connectivity index (χ4v) is 2.51. The quantitative estimate of drug-likeness (QED) is 0.668. The van der Waals surface area contributed by atoms with E-state index in [0.29, 0.717) is 40.0 Å². The van der Waals surface area contributed by atoms with Gasteiger partial charge in [0.2, 0.25) is 5.75 Å². The number of aromatic nitrogens is 2. The van der Waals surface area contributed by atoms with Crippen molar-refractivity contribution in [2.45, 2.75) is 0 Å². The summed E-state index contributed by atoms with van der Waals surface area (Å²) >= 11 is 0. The molecule has 0 spiro atoms. The summed E-state index contributed by atoms with van der Waals surface area (Å²) in [6, 6.07) is 13.4. The van der Waals surface area contributed by atoms with Gasteiger partial charge in [0.15, 0.2) is 17.3 Å². The largest absolute Gasteiger partial charge is 0.493 e. The lowest BCUT2D eigenvalue weighted by Gasteiger charge is -2.14. The van der Waals surface area contributed by atoms with Gasteiger partial charge >= 0.3 is 0 Å². The molecule has 0 aliphatic carbocycles. The third kappa shape index (κ3) is 4.38. The van der Waals surface area contributed by atoms with E-state index in [1.54, 1.807) is 63.8 Å². The molecular formula is C19H19ClFN3O3. The van der Waals surface area contributed by atoms with Gasteiger partial charge in [0.1, 0.15) is 5.82 Å². The van der Waals surface area contributed by atoms with Crippen molar-refractivity contribution in [2.75, 3.05) is 26.6 Å². The molecule has 1 N–H and O–H groups in total. The predicted molar refractivity (Wildman–Crippen MR) is 104 cm³/mol. The van der Waals surface area contributed by atoms with E-state index >= 15 is 0 Å². The maximum atomic E-state index is 13.8. The van der Waals surface area contributed by atoms with Crippen LogP contribution in [0.25, 0.3) is 11.3 Å². The molecule has 0 aliphatic rings. The summed E-state index contributed by atoms with van der Waals surface area (Å²) in [7, 11) is 4.63. The van der Waals surface area contributed by atoms with Crippen molar-refractivity contribution < 1.29 is 18.6 Å². The molecule has 0 saturated carbocycles. The minimum absolute atomic E-state index is 0. The summed E-state index contributed by atoms with van der Waals surface area (Å²) in [6.07, 6.45) is 0. The molecule has 1 aromatic heterocycles. The molecule has 8 heteroatoms. The van der Waals surface area contributed by atoms with E-state index in [2.05, 4.69) is 15.5 Å². The second-order valence-corrected chi connectivity index (χ2v) is 5.32. The fourth-order valence-electron chi connectivity index (χ4n) is 2.51. The normalized spacial score (nSPS) is 9.93. The first kappa shape index (κ1) is 20.3. The molecule has 0 atom stereocenters. The minimum atomic E-state index is -0.341. The molecule has 0 unspecified atom stereocenters. The smallest absolute Gasteiger partial charge is 0.203 e. The number of rotatable bonds is 6. The monoisotopic (exact) mass is 391 g/mol. The Morgan fingerprint density at radius 3 is 2.04 bits per heavy atom. The van der Waals surface area contributed by atoms with Gasteiger partial charge in [-0.1, -0.05) is 12.1 Å². The first-order chi connectivity index (χ1) is 12.7. The Morgan fingerprint density at radius 1 is 0.852 bits per heavy atom. The van der Waals surface area contributed by atoms with Crippen molar-refractivity contribution in [3.8, 4) is 28.5 Å². The average Bonchev–Trinajstić information content (AvgIpc) is 2.68. The topological polar surface area (TPSA) is 65.5 Å². The molecule has 0 amide bonds. The maximum absolute atomic E-state index is 13.8. The zero-order chi connectivity index (χ0) is 18.5. The fraction of sp³-hybridized carbons (Fsp3) is 0.158. The lowest BCUT2D eigenvalue weighted by Crippen LogP contribution is -2.00. The zero-order valence-electron chi connectivity index (χ0n) is 15.0. The van der Waals surface area contributed by atoms with Crippen LogP contribution >= 0.6 is 12.4 Å². The molecule has 6 nitrogen and oxygen atoms in total. The highest BCUT2D eigenvalue weighted by atomic mass is 35.5. The second kappa shape index (κ2) is 9.05. The molecule has 3 aromatic rings. The number of ether oxygens (including phenoxy) is 3. The summed E-state index contributed by atoms with van der Waals surface area (Å²) in [6.45, 7) is 0. The van der Waals surface area contributed by atoms with Gasteiger partial charge < -0.3 is 19.5 Å². The zero-order valence-corrected chi connectivity index (χ0v) is 15.8. The first-order valence-electron chi connectivity index (χ1n) is 7.82. The Hall–Kier alpha value is -3.06. The van der Waals surface area contributed by atoms with E-state index < -0.39 is 0 Å². The van der Waals surface area contributed by atoms with E-state index in [-0.39, 0.29) is 18.2 Å². The summed E-state index contributed by atoms with van der Waals surface area (Å²) in [4.78, 5) is 0. The summed E-state index contributed by atoms with van der Waals surface area (Å²) in [5.41, 5.74) is 1.55. The Kier molecular flexibility index (Phi) is 6.79. The number of benzene rings is 2. The van der Waals surface area contributed by atoms with Crippen LogP contribution in [0.5, 0.6) is 17.2 Å². The lowest BCUT2D eigenvalue weighted by atomic mass is 10.1. The molecule has 0 bridgehead atoms. The van der Waals surface area contributed by atoms with Crippen LogP contribution in [0.1, 0.15) is 0 Å². The Bertz CT molecular complexity index is 882. The van der Waals surface area contributed by atoms with Crippen LogP contribution in [0.4, 0.5) is 15.9 Å². The van der Waals surface area contributed by atoms with Gasteiger partial charge in [-0.2, -0.15) is 0 Å². The highest BCUT2D eigenvalue weighted by molar-refractivity contribution is 5.85. The van der Waals surface area contributed by atoms with Crippen LogP contribution in [-0.2, 0) is 0 Å². The van der Waals surface area contributed by atoms with Gasteiger partial charge in [-0.25, -0.2) is 4.39 Å². The highest BCUT2D eigenvalue weighted by Crippen LogP contribution is 2.40. The Morgan fingerprint density at radius 2 is 1.52 bits per heavy atom. The number of hydrogen-bond donors (Lipinski definition) is 1. The van der Waals surface area contributed by atoms with Crippen molar-refractivity contribution in [1.82, 2.24) is 10.2 Å². The molecule has 0 saturated heterocycles. The molecule has 0 aliphatic heterocycles. The van der Waals surface area contributed by atoms with Crippen LogP contribution < -0.4 is 19.5 Å². The number of anilines is 2. The average molecular weight is 392 g/mol. The molecule has 142 valence electrons. The summed E-state index contributed by atoms with van der Waals surface area (Å²) < 4.78 is 29.8. The number of methoxy groups -OCH3 is 3. The third-order valence-electron chi connectivity index (χ3n) is 3.75. The van der Waals surface area contributed by atoms with Gasteiger partial charge in [-0.15, -0.1) is 22.6 Å². The van der Waals surface area contributed by atoms with Crippen molar-refractivity contribution in [1.29, 1.82) is 0 Å². The highest BCUT2D eigenvalue weighted by Gasteiger charge is 2.14. The van der Waals surface area contributed by atoms with Crippen LogP contribution in [0.15, 0.2) is 48.5 Å². The van der Waals surface area contributed by atoms with E-state index in [1.807, 2.05) is 0 Å². The molecule has 2 aromatic carbocycles. The van der Waals surface area contributed by atoms with Crippen LogP contribution in [0, 0.1) is 5.82 Å². The van der Waals surface area contributed by atoms with E-state index in [1.165, 1.54) is 6.07 Å². The molecule has 1 heterocycles. The summed E-state index contributed by atoms with van der Waals surface area (Å²) in [5, 5.41) is 11.3. The van der Waals surface area contributed by atoms with E-state index in [9.17, 15) is 4.39 Å². The maximum Gasteiger partial charge on any atom is 0.203 e. The van der Waals surface area contributed by atoms with Gasteiger partial charge in [0.25, 0.3) is 0 Å². The Labute approximate surface area is 162 Å². The van der Waals surface area contributed by atoms with E-state index in [4.69, 9.17) is 14.2 Å². The predicted octanol–water partition coefficient (Wildman–Crippen LogP) is 4.47. The van der Waals surface area contributed by atoms with Gasteiger partial charge in [-0.05, 0) is 24.3 Å². The second-order valence-electron chi connectivity index (χ2n) is 5.32. The van der Waals surface area contributed by atoms with Gasteiger partial charge in [0, 0.05) is 23.4 Å². The standard InChI is InChI=1S/C19H18FN3O3.ClH/c1-24-16-10-12(11-17(25-2)19(16)26-3)21-18-9-8-15(22-23-18)13-6-4-5-7-14(13)20;/h4-11H,1-3H3,(H,21,23);1H. The molecule has 3 rings (SSSR count). The van der Waals surface area contributed by atoms with E-state index in [0.717, 1.165) is 0 Å². The molecule has 0 radical (unpaired) electrons. The first-order valence-corrected chi connectivity index (χ1v) is 7.82. The number of nitrogens with zero attached hydrogens (tertiary/aromatic N) is 2. The van der Waals surface area contributed by atoms with Crippen molar-refractivity contribution in [3.63, 3.8) is 0 Å². The van der Waals surface area contributed by atoms with Crippen LogP contribution in [-0.4, -0.2) is 31.5 Å².